The van der Waals surface area contributed by atoms with E-state index in [1.54, 1.807) is 6.92 Å². The second kappa shape index (κ2) is 6.36. The molecule has 0 saturated heterocycles. The van der Waals surface area contributed by atoms with Gasteiger partial charge in [0.15, 0.2) is 0 Å². The number of rotatable bonds is 5. The summed E-state index contributed by atoms with van der Waals surface area (Å²) in [5, 5.41) is 14.8. The van der Waals surface area contributed by atoms with Gasteiger partial charge >= 0.3 is 5.97 Å². The first-order valence-corrected chi connectivity index (χ1v) is 6.44. The van der Waals surface area contributed by atoms with Crippen LogP contribution in [-0.2, 0) is 4.79 Å². The minimum absolute atomic E-state index is 0.0592. The number of aryl methyl sites for hydroxylation is 1. The third-order valence-electron chi connectivity index (χ3n) is 2.37. The van der Waals surface area contributed by atoms with Crippen LogP contribution in [0, 0.1) is 6.92 Å². The molecular formula is C14H21N3O3. The van der Waals surface area contributed by atoms with E-state index in [1.165, 1.54) is 12.1 Å². The van der Waals surface area contributed by atoms with Gasteiger partial charge in [-0.3, -0.25) is 4.79 Å². The second-order valence-corrected chi connectivity index (χ2v) is 5.66. The number of carboxylic acids is 1. The summed E-state index contributed by atoms with van der Waals surface area (Å²) < 4.78 is 0. The van der Waals surface area contributed by atoms with Gasteiger partial charge in [0.1, 0.15) is 5.82 Å². The molecule has 0 spiro atoms. The zero-order valence-electron chi connectivity index (χ0n) is 12.3. The number of nitrogens with one attached hydrogen (secondary N) is 2. The Morgan fingerprint density at radius 1 is 1.30 bits per heavy atom. The molecule has 110 valence electrons. The Balaban J connectivity index is 2.54. The second-order valence-electron chi connectivity index (χ2n) is 5.66. The van der Waals surface area contributed by atoms with Gasteiger partial charge in [0.2, 0.25) is 5.91 Å². The highest BCUT2D eigenvalue weighted by atomic mass is 16.4. The van der Waals surface area contributed by atoms with Crippen LogP contribution in [0.3, 0.4) is 0 Å². The van der Waals surface area contributed by atoms with Gasteiger partial charge in [0.25, 0.3) is 0 Å². The van der Waals surface area contributed by atoms with E-state index in [1.807, 2.05) is 20.8 Å². The van der Waals surface area contributed by atoms with Crippen molar-refractivity contribution in [1.29, 1.82) is 0 Å². The molecule has 1 heterocycles. The predicted octanol–water partition coefficient (Wildman–Crippen LogP) is 1.80. The summed E-state index contributed by atoms with van der Waals surface area (Å²) in [6, 6.07) is 2.96. The molecule has 0 radical (unpaired) electrons. The number of amides is 1. The normalized spacial score (nSPS) is 11.0. The topological polar surface area (TPSA) is 91.3 Å². The zero-order valence-corrected chi connectivity index (χ0v) is 12.3. The Morgan fingerprint density at radius 3 is 2.50 bits per heavy atom. The summed E-state index contributed by atoms with van der Waals surface area (Å²) >= 11 is 0. The summed E-state index contributed by atoms with van der Waals surface area (Å²) in [4.78, 5) is 26.7. The van der Waals surface area contributed by atoms with Crippen molar-refractivity contribution in [1.82, 2.24) is 10.3 Å². The first-order chi connectivity index (χ1) is 9.17. The van der Waals surface area contributed by atoms with E-state index in [0.29, 0.717) is 24.5 Å². The van der Waals surface area contributed by atoms with Crippen LogP contribution in [0.5, 0.6) is 0 Å². The quantitative estimate of drug-likeness (QED) is 0.764. The van der Waals surface area contributed by atoms with Crippen molar-refractivity contribution in [3.8, 4) is 0 Å². The maximum Gasteiger partial charge on any atom is 0.335 e. The van der Waals surface area contributed by atoms with Crippen molar-refractivity contribution in [2.75, 3.05) is 11.9 Å². The third-order valence-corrected chi connectivity index (χ3v) is 2.37. The molecule has 0 bridgehead atoms. The average Bonchev–Trinajstić information content (AvgIpc) is 2.25. The standard InChI is InChI=1S/C14H21N3O3/c1-9-7-10(13(19)20)8-11(16-9)15-6-5-12(18)17-14(2,3)4/h7-8H,5-6H2,1-4H3,(H,15,16)(H,17,18)(H,19,20). The molecule has 0 aliphatic rings. The van der Waals surface area contributed by atoms with Crippen molar-refractivity contribution < 1.29 is 14.7 Å². The molecule has 1 rings (SSSR count). The maximum atomic E-state index is 11.6. The number of nitrogens with zero attached hydrogens (tertiary/aromatic N) is 1. The van der Waals surface area contributed by atoms with Gasteiger partial charge < -0.3 is 15.7 Å². The minimum atomic E-state index is -0.996. The van der Waals surface area contributed by atoms with Crippen molar-refractivity contribution in [3.63, 3.8) is 0 Å². The van der Waals surface area contributed by atoms with Crippen LogP contribution in [0.25, 0.3) is 0 Å². The molecule has 3 N–H and O–H groups in total. The van der Waals surface area contributed by atoms with Gasteiger partial charge in [-0.25, -0.2) is 9.78 Å². The van der Waals surface area contributed by atoms with Crippen LogP contribution in [0.2, 0.25) is 0 Å². The number of anilines is 1. The van der Waals surface area contributed by atoms with E-state index in [9.17, 15) is 9.59 Å². The average molecular weight is 279 g/mol. The largest absolute Gasteiger partial charge is 0.478 e. The van der Waals surface area contributed by atoms with E-state index in [4.69, 9.17) is 5.11 Å². The Labute approximate surface area is 118 Å². The number of carboxylic acid groups (broad SMARTS) is 1. The number of hydrogen-bond donors (Lipinski definition) is 3. The van der Waals surface area contributed by atoms with Crippen LogP contribution in [-0.4, -0.2) is 34.1 Å². The van der Waals surface area contributed by atoms with Crippen LogP contribution in [0.1, 0.15) is 43.2 Å². The molecule has 6 heteroatoms. The van der Waals surface area contributed by atoms with Crippen LogP contribution < -0.4 is 10.6 Å². The molecule has 1 amide bonds. The number of pyridine rings is 1. The fraction of sp³-hybridized carbons (Fsp3) is 0.500. The summed E-state index contributed by atoms with van der Waals surface area (Å²) in [5.41, 5.74) is 0.542. The molecule has 1 aromatic rings. The first kappa shape index (κ1) is 15.9. The fourth-order valence-electron chi connectivity index (χ4n) is 1.67. The van der Waals surface area contributed by atoms with Gasteiger partial charge in [-0.15, -0.1) is 0 Å². The van der Waals surface area contributed by atoms with E-state index < -0.39 is 5.97 Å². The van der Waals surface area contributed by atoms with Gasteiger partial charge in [0, 0.05) is 24.2 Å². The van der Waals surface area contributed by atoms with Gasteiger partial charge in [-0.1, -0.05) is 0 Å². The van der Waals surface area contributed by atoms with Gasteiger partial charge in [0.05, 0.1) is 5.56 Å². The molecule has 0 unspecified atom stereocenters. The summed E-state index contributed by atoms with van der Waals surface area (Å²) in [6.07, 6.45) is 0.301. The molecule has 0 saturated carbocycles. The molecule has 20 heavy (non-hydrogen) atoms. The molecule has 0 atom stereocenters. The Bertz CT molecular complexity index is 507. The van der Waals surface area contributed by atoms with Crippen molar-refractivity contribution in [2.24, 2.45) is 0 Å². The van der Waals surface area contributed by atoms with Gasteiger partial charge in [-0.2, -0.15) is 0 Å². The van der Waals surface area contributed by atoms with Crippen LogP contribution >= 0.6 is 0 Å². The lowest BCUT2D eigenvalue weighted by molar-refractivity contribution is -0.122. The van der Waals surface area contributed by atoms with Crippen LogP contribution in [0.4, 0.5) is 5.82 Å². The molecule has 6 nitrogen and oxygen atoms in total. The summed E-state index contributed by atoms with van der Waals surface area (Å²) in [5.74, 6) is -0.592. The number of aromatic carboxylic acids is 1. The lowest BCUT2D eigenvalue weighted by Gasteiger charge is -2.20. The van der Waals surface area contributed by atoms with Crippen molar-refractivity contribution >= 4 is 17.7 Å². The molecule has 0 aliphatic carbocycles. The van der Waals surface area contributed by atoms with E-state index in [0.717, 1.165) is 0 Å². The Hall–Kier alpha value is -2.11. The number of aromatic nitrogens is 1. The lowest BCUT2D eigenvalue weighted by atomic mass is 10.1. The number of carbonyl (C=O) groups is 2. The number of carbonyl (C=O) groups excluding carboxylic acids is 1. The van der Waals surface area contributed by atoms with Crippen LogP contribution in [0.15, 0.2) is 12.1 Å². The number of hydrogen-bond acceptors (Lipinski definition) is 4. The zero-order chi connectivity index (χ0) is 15.3. The highest BCUT2D eigenvalue weighted by Crippen LogP contribution is 2.10. The highest BCUT2D eigenvalue weighted by Gasteiger charge is 2.13. The molecule has 1 aromatic heterocycles. The highest BCUT2D eigenvalue weighted by molar-refractivity contribution is 5.88. The molecule has 0 aromatic carbocycles. The Morgan fingerprint density at radius 2 is 1.95 bits per heavy atom. The summed E-state index contributed by atoms with van der Waals surface area (Å²) in [6.45, 7) is 7.88. The van der Waals surface area contributed by atoms with Crippen molar-refractivity contribution in [2.45, 2.75) is 39.7 Å². The van der Waals surface area contributed by atoms with E-state index >= 15 is 0 Å². The third kappa shape index (κ3) is 5.69. The smallest absolute Gasteiger partial charge is 0.335 e. The fourth-order valence-corrected chi connectivity index (χ4v) is 1.67. The lowest BCUT2D eigenvalue weighted by Crippen LogP contribution is -2.41. The predicted molar refractivity (Wildman–Crippen MR) is 76.9 cm³/mol. The molecule has 0 fully saturated rings. The SMILES string of the molecule is Cc1cc(C(=O)O)cc(NCCC(=O)NC(C)(C)C)n1. The Kier molecular flexibility index (Phi) is 5.07. The molecular weight excluding hydrogens is 258 g/mol. The monoisotopic (exact) mass is 279 g/mol. The van der Waals surface area contributed by atoms with Gasteiger partial charge in [-0.05, 0) is 39.8 Å². The summed E-state index contributed by atoms with van der Waals surface area (Å²) in [7, 11) is 0. The maximum absolute atomic E-state index is 11.6. The van der Waals surface area contributed by atoms with E-state index in [-0.39, 0.29) is 17.0 Å². The van der Waals surface area contributed by atoms with E-state index in [2.05, 4.69) is 15.6 Å². The minimum Gasteiger partial charge on any atom is -0.478 e. The molecule has 0 aliphatic heterocycles. The first-order valence-electron chi connectivity index (χ1n) is 6.44. The van der Waals surface area contributed by atoms with Crippen molar-refractivity contribution in [3.05, 3.63) is 23.4 Å².